The van der Waals surface area contributed by atoms with E-state index in [-0.39, 0.29) is 6.03 Å². The molecule has 0 aliphatic rings. The third-order valence-corrected chi connectivity index (χ3v) is 2.36. The average molecular weight is 241 g/mol. The number of amides is 2. The normalized spacial score (nSPS) is 9.88. The van der Waals surface area contributed by atoms with Crippen molar-refractivity contribution in [3.05, 3.63) is 34.9 Å². The summed E-state index contributed by atoms with van der Waals surface area (Å²) in [6.07, 6.45) is 1.74. The lowest BCUT2D eigenvalue weighted by Crippen LogP contribution is -2.36. The molecule has 1 aromatic rings. The van der Waals surface area contributed by atoms with Crippen LogP contribution >= 0.6 is 11.6 Å². The van der Waals surface area contributed by atoms with Gasteiger partial charge in [0.15, 0.2) is 0 Å². The van der Waals surface area contributed by atoms with Crippen molar-refractivity contribution < 1.29 is 4.79 Å². The van der Waals surface area contributed by atoms with Crippen LogP contribution in [0.5, 0.6) is 0 Å². The van der Waals surface area contributed by atoms with Gasteiger partial charge in [-0.15, -0.1) is 0 Å². The van der Waals surface area contributed by atoms with Crippen molar-refractivity contribution in [2.45, 2.75) is 19.8 Å². The first kappa shape index (κ1) is 12.8. The van der Waals surface area contributed by atoms with Crippen LogP contribution in [0.15, 0.2) is 24.3 Å². The molecule has 0 aromatic heterocycles. The average Bonchev–Trinajstić information content (AvgIpc) is 2.26. The van der Waals surface area contributed by atoms with E-state index in [4.69, 9.17) is 11.6 Å². The molecule has 1 aromatic carbocycles. The SMILES string of the molecule is CCCNC(=O)NCCc1cccc(Cl)c1. The van der Waals surface area contributed by atoms with Gasteiger partial charge in [0, 0.05) is 18.1 Å². The Kier molecular flexibility index (Phi) is 5.72. The van der Waals surface area contributed by atoms with Crippen LogP contribution in [0.4, 0.5) is 4.79 Å². The molecule has 0 bridgehead atoms. The van der Waals surface area contributed by atoms with Crippen LogP contribution in [0.2, 0.25) is 5.02 Å². The minimum Gasteiger partial charge on any atom is -0.338 e. The van der Waals surface area contributed by atoms with Crippen LogP contribution in [0, 0.1) is 0 Å². The molecule has 0 aliphatic heterocycles. The molecule has 0 radical (unpaired) electrons. The molecule has 0 unspecified atom stereocenters. The van der Waals surface area contributed by atoms with E-state index in [9.17, 15) is 4.79 Å². The highest BCUT2D eigenvalue weighted by atomic mass is 35.5. The molecule has 3 nitrogen and oxygen atoms in total. The quantitative estimate of drug-likeness (QED) is 0.816. The summed E-state index contributed by atoms with van der Waals surface area (Å²) in [5.74, 6) is 0. The molecule has 0 saturated heterocycles. The Labute approximate surface area is 101 Å². The predicted molar refractivity (Wildman–Crippen MR) is 66.8 cm³/mol. The molecule has 0 saturated carbocycles. The number of nitrogens with one attached hydrogen (secondary N) is 2. The minimum absolute atomic E-state index is 0.108. The summed E-state index contributed by atoms with van der Waals surface area (Å²) in [7, 11) is 0. The maximum Gasteiger partial charge on any atom is 0.314 e. The second-order valence-electron chi connectivity index (χ2n) is 3.56. The van der Waals surface area contributed by atoms with Gasteiger partial charge in [-0.1, -0.05) is 30.7 Å². The predicted octanol–water partition coefficient (Wildman–Crippen LogP) is 2.59. The molecule has 0 spiro atoms. The van der Waals surface area contributed by atoms with Gasteiger partial charge < -0.3 is 10.6 Å². The first-order valence-electron chi connectivity index (χ1n) is 5.48. The van der Waals surface area contributed by atoms with Gasteiger partial charge in [-0.2, -0.15) is 0 Å². The van der Waals surface area contributed by atoms with E-state index in [1.54, 1.807) is 0 Å². The smallest absolute Gasteiger partial charge is 0.314 e. The van der Waals surface area contributed by atoms with Gasteiger partial charge >= 0.3 is 6.03 Å². The summed E-state index contributed by atoms with van der Waals surface area (Å²) >= 11 is 5.86. The van der Waals surface area contributed by atoms with E-state index in [1.807, 2.05) is 31.2 Å². The maximum atomic E-state index is 11.2. The first-order valence-corrected chi connectivity index (χ1v) is 5.86. The van der Waals surface area contributed by atoms with Crippen LogP contribution in [0.3, 0.4) is 0 Å². The van der Waals surface area contributed by atoms with Crippen molar-refractivity contribution in [2.75, 3.05) is 13.1 Å². The van der Waals surface area contributed by atoms with Crippen LogP contribution in [-0.4, -0.2) is 19.1 Å². The van der Waals surface area contributed by atoms with E-state index < -0.39 is 0 Å². The van der Waals surface area contributed by atoms with Gasteiger partial charge in [0.1, 0.15) is 0 Å². The molecule has 0 heterocycles. The second-order valence-corrected chi connectivity index (χ2v) is 4.00. The second kappa shape index (κ2) is 7.12. The lowest BCUT2D eigenvalue weighted by atomic mass is 10.1. The third kappa shape index (κ3) is 5.03. The maximum absolute atomic E-state index is 11.2. The molecule has 88 valence electrons. The lowest BCUT2D eigenvalue weighted by molar-refractivity contribution is 0.241. The van der Waals surface area contributed by atoms with Crippen molar-refractivity contribution in [1.82, 2.24) is 10.6 Å². The number of carbonyl (C=O) groups is 1. The largest absolute Gasteiger partial charge is 0.338 e. The summed E-state index contributed by atoms with van der Waals surface area (Å²) in [5.41, 5.74) is 1.13. The molecule has 4 heteroatoms. The summed E-state index contributed by atoms with van der Waals surface area (Å²) in [6.45, 7) is 3.35. The summed E-state index contributed by atoms with van der Waals surface area (Å²) < 4.78 is 0. The fourth-order valence-corrected chi connectivity index (χ4v) is 1.53. The Balaban J connectivity index is 2.22. The number of halogens is 1. The summed E-state index contributed by atoms with van der Waals surface area (Å²) in [6, 6.07) is 7.55. The zero-order valence-corrected chi connectivity index (χ0v) is 10.2. The molecule has 0 aliphatic carbocycles. The number of rotatable bonds is 5. The van der Waals surface area contributed by atoms with E-state index in [1.165, 1.54) is 0 Å². The van der Waals surface area contributed by atoms with E-state index in [0.717, 1.165) is 23.4 Å². The molecule has 2 amide bonds. The Bertz CT molecular complexity index is 342. The topological polar surface area (TPSA) is 41.1 Å². The number of hydrogen-bond acceptors (Lipinski definition) is 1. The third-order valence-electron chi connectivity index (χ3n) is 2.12. The standard InChI is InChI=1S/C12H17ClN2O/c1-2-7-14-12(16)15-8-6-10-4-3-5-11(13)9-10/h3-5,9H,2,6-8H2,1H3,(H2,14,15,16). The van der Waals surface area contributed by atoms with Crippen molar-refractivity contribution in [1.29, 1.82) is 0 Å². The fourth-order valence-electron chi connectivity index (χ4n) is 1.31. The molecule has 0 atom stereocenters. The highest BCUT2D eigenvalue weighted by Crippen LogP contribution is 2.10. The van der Waals surface area contributed by atoms with Crippen molar-refractivity contribution >= 4 is 17.6 Å². The Morgan fingerprint density at radius 1 is 1.31 bits per heavy atom. The molecule has 0 fully saturated rings. The Hall–Kier alpha value is -1.22. The number of hydrogen-bond donors (Lipinski definition) is 2. The monoisotopic (exact) mass is 240 g/mol. The van der Waals surface area contributed by atoms with Crippen LogP contribution in [0.25, 0.3) is 0 Å². The van der Waals surface area contributed by atoms with Crippen LogP contribution in [0.1, 0.15) is 18.9 Å². The molecule has 2 N–H and O–H groups in total. The fraction of sp³-hybridized carbons (Fsp3) is 0.417. The van der Waals surface area contributed by atoms with Crippen molar-refractivity contribution in [2.24, 2.45) is 0 Å². The number of carbonyl (C=O) groups excluding carboxylic acids is 1. The summed E-state index contributed by atoms with van der Waals surface area (Å²) in [5, 5.41) is 6.28. The number of benzene rings is 1. The molecule has 16 heavy (non-hydrogen) atoms. The molecular weight excluding hydrogens is 224 g/mol. The van der Waals surface area contributed by atoms with Crippen molar-refractivity contribution in [3.8, 4) is 0 Å². The number of urea groups is 1. The van der Waals surface area contributed by atoms with E-state index in [2.05, 4.69) is 10.6 Å². The lowest BCUT2D eigenvalue weighted by Gasteiger charge is -2.06. The van der Waals surface area contributed by atoms with Gasteiger partial charge in [0.05, 0.1) is 0 Å². The van der Waals surface area contributed by atoms with E-state index >= 15 is 0 Å². The Morgan fingerprint density at radius 3 is 2.75 bits per heavy atom. The minimum atomic E-state index is -0.108. The van der Waals surface area contributed by atoms with Gasteiger partial charge in [0.2, 0.25) is 0 Å². The van der Waals surface area contributed by atoms with Gasteiger partial charge in [-0.05, 0) is 30.5 Å². The van der Waals surface area contributed by atoms with Gasteiger partial charge in [-0.3, -0.25) is 0 Å². The first-order chi connectivity index (χ1) is 7.72. The zero-order chi connectivity index (χ0) is 11.8. The highest BCUT2D eigenvalue weighted by Gasteiger charge is 1.98. The molecule has 1 rings (SSSR count). The van der Waals surface area contributed by atoms with Gasteiger partial charge in [0.25, 0.3) is 0 Å². The summed E-state index contributed by atoms with van der Waals surface area (Å²) in [4.78, 5) is 11.2. The molecular formula is C12H17ClN2O. The van der Waals surface area contributed by atoms with E-state index in [0.29, 0.717) is 13.1 Å². The van der Waals surface area contributed by atoms with Crippen LogP contribution < -0.4 is 10.6 Å². The highest BCUT2D eigenvalue weighted by molar-refractivity contribution is 6.30. The van der Waals surface area contributed by atoms with Crippen molar-refractivity contribution in [3.63, 3.8) is 0 Å². The van der Waals surface area contributed by atoms with Crippen LogP contribution in [-0.2, 0) is 6.42 Å². The Morgan fingerprint density at radius 2 is 2.06 bits per heavy atom. The van der Waals surface area contributed by atoms with Gasteiger partial charge in [-0.25, -0.2) is 4.79 Å². The zero-order valence-electron chi connectivity index (χ0n) is 9.42.